The molecule has 0 N–H and O–H groups in total. The number of hydrogen-bond acceptors (Lipinski definition) is 4. The van der Waals surface area contributed by atoms with Gasteiger partial charge in [0.2, 0.25) is 5.91 Å². The third-order valence-electron chi connectivity index (χ3n) is 4.68. The number of amides is 2. The maximum absolute atomic E-state index is 13.0. The lowest BCUT2D eigenvalue weighted by molar-refractivity contribution is -0.114. The zero-order valence-electron chi connectivity index (χ0n) is 15.2. The summed E-state index contributed by atoms with van der Waals surface area (Å²) < 4.78 is 1.91. The van der Waals surface area contributed by atoms with Crippen LogP contribution in [0.5, 0.6) is 0 Å². The normalized spacial score (nSPS) is 13.2. The highest BCUT2D eigenvalue weighted by Crippen LogP contribution is 2.30. The standard InChI is InChI=1S/C19H23N5O2/c1-4-18(25)24-11-7-9-14-15(8-6-10-16(14)24)19(26)22(3)12-17-21-20-13-23(17)5-2/h4,6,8,10,13H,1,5,7,9,11-12H2,2-3H3. The van der Waals surface area contributed by atoms with Crippen LogP contribution in [-0.4, -0.2) is 45.1 Å². The number of aryl methyl sites for hydroxylation is 1. The van der Waals surface area contributed by atoms with Crippen LogP contribution in [0.3, 0.4) is 0 Å². The fourth-order valence-electron chi connectivity index (χ4n) is 3.32. The quantitative estimate of drug-likeness (QED) is 0.771. The molecule has 0 bridgehead atoms. The number of rotatable bonds is 5. The van der Waals surface area contributed by atoms with E-state index < -0.39 is 0 Å². The van der Waals surface area contributed by atoms with Crippen molar-refractivity contribution in [1.82, 2.24) is 19.7 Å². The summed E-state index contributed by atoms with van der Waals surface area (Å²) >= 11 is 0. The van der Waals surface area contributed by atoms with Crippen LogP contribution in [-0.2, 0) is 24.3 Å². The lowest BCUT2D eigenvalue weighted by Crippen LogP contribution is -2.36. The summed E-state index contributed by atoms with van der Waals surface area (Å²) in [4.78, 5) is 28.5. The Labute approximate surface area is 152 Å². The zero-order chi connectivity index (χ0) is 18.7. The molecule has 1 aromatic heterocycles. The van der Waals surface area contributed by atoms with Gasteiger partial charge in [0.25, 0.3) is 5.91 Å². The molecule has 1 aliphatic heterocycles. The lowest BCUT2D eigenvalue weighted by Gasteiger charge is -2.30. The van der Waals surface area contributed by atoms with Crippen LogP contribution in [0.25, 0.3) is 0 Å². The summed E-state index contributed by atoms with van der Waals surface area (Å²) in [6, 6.07) is 5.54. The Morgan fingerprint density at radius 2 is 2.19 bits per heavy atom. The van der Waals surface area contributed by atoms with Crippen LogP contribution in [0.4, 0.5) is 5.69 Å². The topological polar surface area (TPSA) is 71.3 Å². The van der Waals surface area contributed by atoms with Crippen LogP contribution in [0.15, 0.2) is 37.2 Å². The molecule has 26 heavy (non-hydrogen) atoms. The number of carbonyl (C=O) groups is 2. The number of benzene rings is 1. The monoisotopic (exact) mass is 353 g/mol. The fourth-order valence-corrected chi connectivity index (χ4v) is 3.32. The van der Waals surface area contributed by atoms with Gasteiger partial charge in [0.05, 0.1) is 6.54 Å². The minimum Gasteiger partial charge on any atom is -0.334 e. The molecule has 136 valence electrons. The molecule has 0 unspecified atom stereocenters. The molecule has 7 heteroatoms. The smallest absolute Gasteiger partial charge is 0.254 e. The molecule has 0 saturated heterocycles. The summed E-state index contributed by atoms with van der Waals surface area (Å²) in [6.07, 6.45) is 4.58. The average molecular weight is 353 g/mol. The van der Waals surface area contributed by atoms with Crippen molar-refractivity contribution in [2.24, 2.45) is 0 Å². The number of hydrogen-bond donors (Lipinski definition) is 0. The molecule has 2 amide bonds. The second kappa shape index (κ2) is 7.51. The van der Waals surface area contributed by atoms with Crippen molar-refractivity contribution < 1.29 is 9.59 Å². The van der Waals surface area contributed by atoms with Crippen molar-refractivity contribution >= 4 is 17.5 Å². The van der Waals surface area contributed by atoms with E-state index >= 15 is 0 Å². The predicted molar refractivity (Wildman–Crippen MR) is 98.8 cm³/mol. The Balaban J connectivity index is 1.88. The van der Waals surface area contributed by atoms with E-state index in [0.717, 1.165) is 36.5 Å². The summed E-state index contributed by atoms with van der Waals surface area (Å²) in [6.45, 7) is 7.36. The van der Waals surface area contributed by atoms with Gasteiger partial charge < -0.3 is 14.4 Å². The first-order valence-corrected chi connectivity index (χ1v) is 8.74. The third-order valence-corrected chi connectivity index (χ3v) is 4.68. The molecule has 0 fully saturated rings. The van der Waals surface area contributed by atoms with Gasteiger partial charge in [-0.05, 0) is 43.5 Å². The summed E-state index contributed by atoms with van der Waals surface area (Å²) in [5, 5.41) is 8.00. The summed E-state index contributed by atoms with van der Waals surface area (Å²) in [7, 11) is 1.76. The first-order chi connectivity index (χ1) is 12.6. The SMILES string of the molecule is C=CC(=O)N1CCCc2c(C(=O)N(C)Cc3nncn3CC)cccc21. The maximum atomic E-state index is 13.0. The van der Waals surface area contributed by atoms with Crippen LogP contribution < -0.4 is 4.90 Å². The number of carbonyl (C=O) groups excluding carboxylic acids is 2. The molecule has 0 radical (unpaired) electrons. The van der Waals surface area contributed by atoms with E-state index in [1.165, 1.54) is 6.08 Å². The fraction of sp³-hybridized carbons (Fsp3) is 0.368. The molecule has 0 spiro atoms. The van der Waals surface area contributed by atoms with Crippen LogP contribution in [0.1, 0.15) is 35.1 Å². The first kappa shape index (κ1) is 17.8. The molecule has 0 saturated carbocycles. The van der Waals surface area contributed by atoms with E-state index in [9.17, 15) is 9.59 Å². The Morgan fingerprint density at radius 3 is 2.92 bits per heavy atom. The summed E-state index contributed by atoms with van der Waals surface area (Å²) in [5.41, 5.74) is 2.36. The Bertz CT molecular complexity index is 842. The molecule has 0 aliphatic carbocycles. The van der Waals surface area contributed by atoms with E-state index in [0.29, 0.717) is 18.7 Å². The van der Waals surface area contributed by atoms with E-state index in [4.69, 9.17) is 0 Å². The van der Waals surface area contributed by atoms with Crippen LogP contribution in [0.2, 0.25) is 0 Å². The Morgan fingerprint density at radius 1 is 1.38 bits per heavy atom. The minimum atomic E-state index is -0.139. The minimum absolute atomic E-state index is 0.0830. The Hall–Kier alpha value is -2.96. The predicted octanol–water partition coefficient (Wildman–Crippen LogP) is 2.04. The molecular weight excluding hydrogens is 330 g/mol. The van der Waals surface area contributed by atoms with Gasteiger partial charge in [-0.1, -0.05) is 12.6 Å². The number of fused-ring (bicyclic) bond motifs is 1. The molecule has 2 heterocycles. The number of aromatic nitrogens is 3. The first-order valence-electron chi connectivity index (χ1n) is 8.74. The lowest BCUT2D eigenvalue weighted by atomic mass is 9.95. The largest absolute Gasteiger partial charge is 0.334 e. The van der Waals surface area contributed by atoms with Crippen LogP contribution >= 0.6 is 0 Å². The molecular formula is C19H23N5O2. The van der Waals surface area contributed by atoms with Crippen molar-refractivity contribution in [3.8, 4) is 0 Å². The van der Waals surface area contributed by atoms with Gasteiger partial charge in [-0.15, -0.1) is 10.2 Å². The Kier molecular flexibility index (Phi) is 5.16. The number of anilines is 1. The highest BCUT2D eigenvalue weighted by atomic mass is 16.2. The molecule has 3 rings (SSSR count). The highest BCUT2D eigenvalue weighted by molar-refractivity contribution is 6.04. The van der Waals surface area contributed by atoms with Gasteiger partial charge in [0.1, 0.15) is 6.33 Å². The second-order valence-corrected chi connectivity index (χ2v) is 6.30. The van der Waals surface area contributed by atoms with Gasteiger partial charge in [-0.25, -0.2) is 0 Å². The van der Waals surface area contributed by atoms with E-state index in [2.05, 4.69) is 16.8 Å². The average Bonchev–Trinajstić information content (AvgIpc) is 3.12. The molecule has 0 atom stereocenters. The van der Waals surface area contributed by atoms with Crippen molar-refractivity contribution in [2.75, 3.05) is 18.5 Å². The summed E-state index contributed by atoms with van der Waals surface area (Å²) in [5.74, 6) is 0.525. The zero-order valence-corrected chi connectivity index (χ0v) is 15.2. The van der Waals surface area contributed by atoms with Crippen molar-refractivity contribution in [3.63, 3.8) is 0 Å². The van der Waals surface area contributed by atoms with Gasteiger partial charge in [0.15, 0.2) is 5.82 Å². The maximum Gasteiger partial charge on any atom is 0.254 e. The van der Waals surface area contributed by atoms with Gasteiger partial charge in [-0.3, -0.25) is 9.59 Å². The van der Waals surface area contributed by atoms with E-state index in [-0.39, 0.29) is 11.8 Å². The molecule has 2 aromatic rings. The third kappa shape index (κ3) is 3.24. The molecule has 1 aliphatic rings. The van der Waals surface area contributed by atoms with Crippen LogP contribution in [0, 0.1) is 0 Å². The molecule has 1 aromatic carbocycles. The van der Waals surface area contributed by atoms with Gasteiger partial charge >= 0.3 is 0 Å². The second-order valence-electron chi connectivity index (χ2n) is 6.30. The van der Waals surface area contributed by atoms with Crippen molar-refractivity contribution in [1.29, 1.82) is 0 Å². The van der Waals surface area contributed by atoms with E-state index in [1.54, 1.807) is 23.2 Å². The van der Waals surface area contributed by atoms with Crippen molar-refractivity contribution in [2.45, 2.75) is 32.9 Å². The molecule has 7 nitrogen and oxygen atoms in total. The number of nitrogens with zero attached hydrogens (tertiary/aromatic N) is 5. The highest BCUT2D eigenvalue weighted by Gasteiger charge is 2.26. The van der Waals surface area contributed by atoms with Crippen molar-refractivity contribution in [3.05, 3.63) is 54.1 Å². The van der Waals surface area contributed by atoms with Gasteiger partial charge in [0, 0.05) is 31.4 Å². The van der Waals surface area contributed by atoms with E-state index in [1.807, 2.05) is 29.7 Å². The van der Waals surface area contributed by atoms with Gasteiger partial charge in [-0.2, -0.15) is 0 Å².